The molecule has 0 radical (unpaired) electrons. The molecule has 2 rings (SSSR count). The molecule has 0 unspecified atom stereocenters. The van der Waals surface area contributed by atoms with Gasteiger partial charge in [0.2, 0.25) is 10.0 Å². The van der Waals surface area contributed by atoms with Gasteiger partial charge in [-0.25, -0.2) is 17.9 Å². The monoisotopic (exact) mass is 362 g/mol. The van der Waals surface area contributed by atoms with Crippen LogP contribution in [0.4, 0.5) is 5.69 Å². The van der Waals surface area contributed by atoms with Crippen LogP contribution >= 0.6 is 0 Å². The summed E-state index contributed by atoms with van der Waals surface area (Å²) in [5.41, 5.74) is 0.633. The highest BCUT2D eigenvalue weighted by Gasteiger charge is 2.16. The third-order valence-corrected chi connectivity index (χ3v) is 4.65. The average molecular weight is 362 g/mol. The molecule has 0 bridgehead atoms. The maximum atomic E-state index is 12.0. The summed E-state index contributed by atoms with van der Waals surface area (Å²) in [7, 11) is -3.68. The fourth-order valence-electron chi connectivity index (χ4n) is 2.00. The highest BCUT2D eigenvalue weighted by atomic mass is 32.2. The molecule has 2 aromatic carbocycles. The first-order valence-corrected chi connectivity index (χ1v) is 9.02. The van der Waals surface area contributed by atoms with E-state index in [0.717, 1.165) is 0 Å². The van der Waals surface area contributed by atoms with Gasteiger partial charge in [-0.15, -0.1) is 0 Å². The Kier molecular flexibility index (Phi) is 6.26. The number of sulfonamides is 1. The zero-order chi connectivity index (χ0) is 18.3. The molecule has 0 saturated heterocycles. The summed E-state index contributed by atoms with van der Waals surface area (Å²) in [6.07, 6.45) is 0. The zero-order valence-corrected chi connectivity index (χ0v) is 14.4. The third kappa shape index (κ3) is 5.40. The lowest BCUT2D eigenvalue weighted by atomic mass is 10.2. The number of esters is 1. The smallest absolute Gasteiger partial charge is 0.338 e. The van der Waals surface area contributed by atoms with Crippen LogP contribution in [0.2, 0.25) is 0 Å². The molecule has 2 N–H and O–H groups in total. The van der Waals surface area contributed by atoms with Gasteiger partial charge in [0.1, 0.15) is 0 Å². The number of benzene rings is 2. The Balaban J connectivity index is 1.98. The maximum Gasteiger partial charge on any atom is 0.338 e. The van der Waals surface area contributed by atoms with E-state index in [4.69, 9.17) is 4.74 Å². The maximum absolute atomic E-state index is 12.0. The highest BCUT2D eigenvalue weighted by Crippen LogP contribution is 2.12. The largest absolute Gasteiger partial charge is 0.452 e. The molecule has 0 aliphatic rings. The van der Waals surface area contributed by atoms with Crippen molar-refractivity contribution in [2.45, 2.75) is 11.8 Å². The van der Waals surface area contributed by atoms with E-state index in [1.807, 2.05) is 6.07 Å². The number of ether oxygens (including phenoxy) is 1. The first kappa shape index (κ1) is 18.6. The molecule has 25 heavy (non-hydrogen) atoms. The van der Waals surface area contributed by atoms with Crippen LogP contribution < -0.4 is 10.0 Å². The van der Waals surface area contributed by atoms with E-state index in [2.05, 4.69) is 10.0 Å². The SMILES string of the molecule is CCNS(=O)(=O)c1cccc(C(=O)OCC(=O)Nc2ccccc2)c1. The Morgan fingerprint density at radius 1 is 1.04 bits per heavy atom. The van der Waals surface area contributed by atoms with Crippen molar-refractivity contribution in [2.75, 3.05) is 18.5 Å². The average Bonchev–Trinajstić information content (AvgIpc) is 2.60. The second-order valence-corrected chi connectivity index (χ2v) is 6.79. The Morgan fingerprint density at radius 3 is 2.44 bits per heavy atom. The molecule has 7 nitrogen and oxygen atoms in total. The topological polar surface area (TPSA) is 102 Å². The molecule has 132 valence electrons. The van der Waals surface area contributed by atoms with Crippen LogP contribution in [0.1, 0.15) is 17.3 Å². The second kappa shape index (κ2) is 8.41. The van der Waals surface area contributed by atoms with Crippen molar-refractivity contribution in [1.82, 2.24) is 4.72 Å². The van der Waals surface area contributed by atoms with Gasteiger partial charge in [0, 0.05) is 12.2 Å². The summed E-state index contributed by atoms with van der Waals surface area (Å²) in [4.78, 5) is 23.7. The second-order valence-electron chi connectivity index (χ2n) is 5.02. The predicted octanol–water partition coefficient (Wildman–Crippen LogP) is 1.78. The number of hydrogen-bond acceptors (Lipinski definition) is 5. The number of nitrogens with one attached hydrogen (secondary N) is 2. The van der Waals surface area contributed by atoms with E-state index >= 15 is 0 Å². The lowest BCUT2D eigenvalue weighted by Crippen LogP contribution is -2.24. The van der Waals surface area contributed by atoms with Gasteiger partial charge in [0.05, 0.1) is 10.5 Å². The van der Waals surface area contributed by atoms with E-state index < -0.39 is 28.5 Å². The van der Waals surface area contributed by atoms with Crippen molar-refractivity contribution in [3.63, 3.8) is 0 Å². The molecule has 0 fully saturated rings. The Morgan fingerprint density at radius 2 is 1.76 bits per heavy atom. The van der Waals surface area contributed by atoms with Crippen LogP contribution in [0.5, 0.6) is 0 Å². The molecule has 0 saturated carbocycles. The van der Waals surface area contributed by atoms with Crippen LogP contribution in [-0.2, 0) is 19.6 Å². The van der Waals surface area contributed by atoms with Gasteiger partial charge in [-0.1, -0.05) is 31.2 Å². The molecule has 0 atom stereocenters. The number of carbonyl (C=O) groups is 2. The van der Waals surface area contributed by atoms with Crippen molar-refractivity contribution in [1.29, 1.82) is 0 Å². The Bertz CT molecular complexity index is 850. The quantitative estimate of drug-likeness (QED) is 0.731. The number of rotatable bonds is 7. The molecule has 8 heteroatoms. The number of hydrogen-bond donors (Lipinski definition) is 2. The minimum atomic E-state index is -3.68. The van der Waals surface area contributed by atoms with E-state index in [1.165, 1.54) is 24.3 Å². The first-order valence-electron chi connectivity index (χ1n) is 7.54. The number of para-hydroxylation sites is 1. The van der Waals surface area contributed by atoms with Gasteiger partial charge in [-0.05, 0) is 30.3 Å². The van der Waals surface area contributed by atoms with E-state index in [1.54, 1.807) is 31.2 Å². The summed E-state index contributed by atoms with van der Waals surface area (Å²) < 4.78 is 31.2. The number of anilines is 1. The van der Waals surface area contributed by atoms with E-state index in [-0.39, 0.29) is 17.0 Å². The lowest BCUT2D eigenvalue weighted by Gasteiger charge is -2.08. The van der Waals surface area contributed by atoms with Crippen molar-refractivity contribution in [2.24, 2.45) is 0 Å². The molecule has 0 aliphatic heterocycles. The van der Waals surface area contributed by atoms with Gasteiger partial charge < -0.3 is 10.1 Å². The number of carbonyl (C=O) groups excluding carboxylic acids is 2. The molecular formula is C17H18N2O5S. The van der Waals surface area contributed by atoms with Gasteiger partial charge in [0.25, 0.3) is 5.91 Å². The van der Waals surface area contributed by atoms with E-state index in [9.17, 15) is 18.0 Å². The predicted molar refractivity (Wildman–Crippen MR) is 92.7 cm³/mol. The van der Waals surface area contributed by atoms with Crippen LogP contribution in [0.15, 0.2) is 59.5 Å². The van der Waals surface area contributed by atoms with Crippen molar-refractivity contribution >= 4 is 27.6 Å². The van der Waals surface area contributed by atoms with Gasteiger partial charge in [-0.3, -0.25) is 4.79 Å². The summed E-state index contributed by atoms with van der Waals surface area (Å²) in [5, 5.41) is 2.58. The molecule has 0 aromatic heterocycles. The Hall–Kier alpha value is -2.71. The molecule has 0 heterocycles. The van der Waals surface area contributed by atoms with Gasteiger partial charge in [0.15, 0.2) is 6.61 Å². The highest BCUT2D eigenvalue weighted by molar-refractivity contribution is 7.89. The molecule has 1 amide bonds. The minimum Gasteiger partial charge on any atom is -0.452 e. The van der Waals surface area contributed by atoms with Crippen LogP contribution in [0, 0.1) is 0 Å². The molecular weight excluding hydrogens is 344 g/mol. The third-order valence-electron chi connectivity index (χ3n) is 3.11. The van der Waals surface area contributed by atoms with Crippen molar-refractivity contribution in [3.05, 3.63) is 60.2 Å². The fourth-order valence-corrected chi connectivity index (χ4v) is 3.08. The summed E-state index contributed by atoms with van der Waals surface area (Å²) in [6.45, 7) is 1.41. The van der Waals surface area contributed by atoms with Crippen molar-refractivity contribution in [3.8, 4) is 0 Å². The van der Waals surface area contributed by atoms with Crippen LogP contribution in [0.25, 0.3) is 0 Å². The van der Waals surface area contributed by atoms with Crippen LogP contribution in [0.3, 0.4) is 0 Å². The lowest BCUT2D eigenvalue weighted by molar-refractivity contribution is -0.119. The van der Waals surface area contributed by atoms with Gasteiger partial charge in [-0.2, -0.15) is 0 Å². The fraction of sp³-hybridized carbons (Fsp3) is 0.176. The standard InChI is InChI=1S/C17H18N2O5S/c1-2-18-25(22,23)15-10-6-7-13(11-15)17(21)24-12-16(20)19-14-8-4-3-5-9-14/h3-11,18H,2,12H2,1H3,(H,19,20). The summed E-state index contributed by atoms with van der Waals surface area (Å²) in [6, 6.07) is 14.2. The van der Waals surface area contributed by atoms with Crippen LogP contribution in [-0.4, -0.2) is 33.4 Å². The molecule has 2 aromatic rings. The van der Waals surface area contributed by atoms with Crippen molar-refractivity contribution < 1.29 is 22.7 Å². The normalized spacial score (nSPS) is 10.9. The van der Waals surface area contributed by atoms with Gasteiger partial charge >= 0.3 is 5.97 Å². The zero-order valence-electron chi connectivity index (χ0n) is 13.6. The molecule has 0 aliphatic carbocycles. The Labute approximate surface area is 146 Å². The number of amides is 1. The minimum absolute atomic E-state index is 0.0439. The first-order chi connectivity index (χ1) is 11.9. The summed E-state index contributed by atoms with van der Waals surface area (Å²) >= 11 is 0. The summed E-state index contributed by atoms with van der Waals surface area (Å²) in [5.74, 6) is -1.27. The molecule has 0 spiro atoms. The van der Waals surface area contributed by atoms with E-state index in [0.29, 0.717) is 5.69 Å².